The van der Waals surface area contributed by atoms with Crippen molar-refractivity contribution in [3.63, 3.8) is 0 Å². The zero-order valence-corrected chi connectivity index (χ0v) is 15.0. The Morgan fingerprint density at radius 2 is 1.96 bits per heavy atom. The number of nitrogens with zero attached hydrogens (tertiary/aromatic N) is 4. The fourth-order valence-corrected chi connectivity index (χ4v) is 3.65. The molecule has 126 valence electrons. The van der Waals surface area contributed by atoms with Crippen LogP contribution in [0.1, 0.15) is 18.9 Å². The topological polar surface area (TPSA) is 22.1 Å². The van der Waals surface area contributed by atoms with E-state index in [0.717, 1.165) is 49.1 Å². The Bertz CT molecular complexity index is 729. The highest BCUT2D eigenvalue weighted by molar-refractivity contribution is 6.31. The molecule has 0 aromatic heterocycles. The standard InChI is InChI=1S/C19H23ClN4/c1-14-4-3-7-24-17-13-16(20)6-5-15(17)12-18(19(24)21-14)23-10-8-22(2)9-11-23/h3,5-7,12-14H,4,8-11H2,1-2H3. The highest BCUT2D eigenvalue weighted by Gasteiger charge is 2.30. The van der Waals surface area contributed by atoms with Crippen LogP contribution in [-0.2, 0) is 0 Å². The van der Waals surface area contributed by atoms with Crippen LogP contribution in [0.3, 0.4) is 0 Å². The van der Waals surface area contributed by atoms with Crippen molar-refractivity contribution in [2.45, 2.75) is 19.4 Å². The minimum atomic E-state index is 0.290. The summed E-state index contributed by atoms with van der Waals surface area (Å²) in [4.78, 5) is 12.1. The Hall–Kier alpha value is -1.78. The number of benzene rings is 1. The number of rotatable bonds is 1. The van der Waals surface area contributed by atoms with E-state index in [1.807, 2.05) is 12.1 Å². The fourth-order valence-electron chi connectivity index (χ4n) is 3.48. The van der Waals surface area contributed by atoms with E-state index in [1.54, 1.807) is 0 Å². The second-order valence-electron chi connectivity index (χ2n) is 6.82. The van der Waals surface area contributed by atoms with Crippen LogP contribution < -0.4 is 4.90 Å². The number of likely N-dealkylation sites (N-methyl/N-ethyl adjacent to an activating group) is 1. The summed E-state index contributed by atoms with van der Waals surface area (Å²) in [6.45, 7) is 6.43. The number of hydrogen-bond acceptors (Lipinski definition) is 4. The molecular formula is C19H23ClN4. The zero-order chi connectivity index (χ0) is 16.7. The minimum Gasteiger partial charge on any atom is -0.366 e. The molecule has 1 saturated heterocycles. The minimum absolute atomic E-state index is 0.290. The van der Waals surface area contributed by atoms with Gasteiger partial charge in [-0.2, -0.15) is 0 Å². The maximum absolute atomic E-state index is 6.25. The van der Waals surface area contributed by atoms with Gasteiger partial charge in [-0.3, -0.25) is 4.99 Å². The molecule has 5 heteroatoms. The van der Waals surface area contributed by atoms with Gasteiger partial charge in [-0.1, -0.05) is 23.7 Å². The predicted octanol–water partition coefficient (Wildman–Crippen LogP) is 3.45. The van der Waals surface area contributed by atoms with Crippen LogP contribution in [0.2, 0.25) is 5.02 Å². The molecule has 1 atom stereocenters. The summed E-state index contributed by atoms with van der Waals surface area (Å²) in [5, 5.41) is 0.759. The van der Waals surface area contributed by atoms with Gasteiger partial charge in [-0.25, -0.2) is 0 Å². The van der Waals surface area contributed by atoms with E-state index >= 15 is 0 Å². The van der Waals surface area contributed by atoms with Crippen LogP contribution >= 0.6 is 11.6 Å². The Balaban J connectivity index is 1.81. The van der Waals surface area contributed by atoms with Crippen molar-refractivity contribution >= 4 is 29.2 Å². The number of piperazine rings is 1. The molecule has 1 aromatic carbocycles. The quantitative estimate of drug-likeness (QED) is 0.780. The van der Waals surface area contributed by atoms with E-state index in [2.05, 4.69) is 53.1 Å². The zero-order valence-electron chi connectivity index (χ0n) is 14.2. The normalized spacial score (nSPS) is 24.0. The van der Waals surface area contributed by atoms with Crippen LogP contribution in [0, 0.1) is 0 Å². The molecule has 0 aliphatic carbocycles. The first-order chi connectivity index (χ1) is 11.6. The molecule has 0 amide bonds. The Kier molecular flexibility index (Phi) is 4.10. The second kappa shape index (κ2) is 6.26. The molecule has 3 aliphatic rings. The van der Waals surface area contributed by atoms with Gasteiger partial charge in [0.25, 0.3) is 0 Å². The van der Waals surface area contributed by atoms with Crippen molar-refractivity contribution in [3.8, 4) is 0 Å². The van der Waals surface area contributed by atoms with Gasteiger partial charge in [-0.15, -0.1) is 0 Å². The summed E-state index contributed by atoms with van der Waals surface area (Å²) >= 11 is 6.25. The van der Waals surface area contributed by atoms with Gasteiger partial charge in [0.05, 0.1) is 17.4 Å². The average molecular weight is 343 g/mol. The lowest BCUT2D eigenvalue weighted by Gasteiger charge is -2.39. The van der Waals surface area contributed by atoms with Crippen LogP contribution in [0.25, 0.3) is 6.08 Å². The third-order valence-corrected chi connectivity index (χ3v) is 5.15. The van der Waals surface area contributed by atoms with E-state index in [0.29, 0.717) is 0 Å². The molecule has 3 heterocycles. The van der Waals surface area contributed by atoms with Crippen LogP contribution in [0.4, 0.5) is 5.69 Å². The summed E-state index contributed by atoms with van der Waals surface area (Å²) in [6, 6.07) is 6.39. The molecule has 0 bridgehead atoms. The monoisotopic (exact) mass is 342 g/mol. The number of halogens is 1. The van der Waals surface area contributed by atoms with Gasteiger partial charge >= 0.3 is 0 Å². The summed E-state index contributed by atoms with van der Waals surface area (Å²) < 4.78 is 0. The lowest BCUT2D eigenvalue weighted by Crippen LogP contribution is -2.47. The smallest absolute Gasteiger partial charge is 0.156 e. The van der Waals surface area contributed by atoms with Gasteiger partial charge in [0.1, 0.15) is 0 Å². The Labute approximate surface area is 148 Å². The van der Waals surface area contributed by atoms with Gasteiger partial charge in [-0.05, 0) is 38.6 Å². The molecule has 1 unspecified atom stereocenters. The largest absolute Gasteiger partial charge is 0.366 e. The maximum atomic E-state index is 6.25. The van der Waals surface area contributed by atoms with Crippen molar-refractivity contribution in [1.29, 1.82) is 0 Å². The molecule has 0 spiro atoms. The van der Waals surface area contributed by atoms with Crippen LogP contribution in [0.15, 0.2) is 41.2 Å². The molecule has 0 saturated carbocycles. The summed E-state index contributed by atoms with van der Waals surface area (Å²) in [5.41, 5.74) is 3.55. The van der Waals surface area contributed by atoms with E-state index in [4.69, 9.17) is 16.6 Å². The Morgan fingerprint density at radius 3 is 2.75 bits per heavy atom. The molecule has 0 N–H and O–H groups in total. The van der Waals surface area contributed by atoms with Crippen LogP contribution in [0.5, 0.6) is 0 Å². The molecular weight excluding hydrogens is 320 g/mol. The molecule has 4 nitrogen and oxygen atoms in total. The Morgan fingerprint density at radius 1 is 1.17 bits per heavy atom. The van der Waals surface area contributed by atoms with Crippen molar-refractivity contribution in [1.82, 2.24) is 9.80 Å². The van der Waals surface area contributed by atoms with Gasteiger partial charge in [0, 0.05) is 43.0 Å². The highest BCUT2D eigenvalue weighted by Crippen LogP contribution is 2.35. The molecule has 3 aliphatic heterocycles. The molecule has 1 aromatic rings. The third-order valence-electron chi connectivity index (χ3n) is 4.92. The molecule has 1 fully saturated rings. The lowest BCUT2D eigenvalue weighted by molar-refractivity contribution is 0.193. The average Bonchev–Trinajstić information content (AvgIpc) is 2.76. The summed E-state index contributed by atoms with van der Waals surface area (Å²) in [6.07, 6.45) is 7.60. The first kappa shape index (κ1) is 15.7. The van der Waals surface area contributed by atoms with Crippen LogP contribution in [-0.4, -0.2) is 54.9 Å². The van der Waals surface area contributed by atoms with E-state index in [-0.39, 0.29) is 6.04 Å². The van der Waals surface area contributed by atoms with Crippen molar-refractivity contribution < 1.29 is 0 Å². The second-order valence-corrected chi connectivity index (χ2v) is 7.25. The predicted molar refractivity (Wildman–Crippen MR) is 102 cm³/mol. The number of amidine groups is 1. The fraction of sp³-hybridized carbons (Fsp3) is 0.421. The number of fused-ring (bicyclic) bond motifs is 3. The number of hydrogen-bond donors (Lipinski definition) is 0. The lowest BCUT2D eigenvalue weighted by atomic mass is 10.0. The van der Waals surface area contributed by atoms with Crippen molar-refractivity contribution in [3.05, 3.63) is 46.8 Å². The first-order valence-electron chi connectivity index (χ1n) is 8.60. The summed E-state index contributed by atoms with van der Waals surface area (Å²) in [7, 11) is 2.18. The third kappa shape index (κ3) is 2.85. The maximum Gasteiger partial charge on any atom is 0.156 e. The molecule has 4 rings (SSSR count). The van der Waals surface area contributed by atoms with E-state index in [9.17, 15) is 0 Å². The van der Waals surface area contributed by atoms with Crippen molar-refractivity contribution in [2.24, 2.45) is 4.99 Å². The number of anilines is 1. The number of aliphatic imine (C=N–C) groups is 1. The SMILES string of the molecule is CC1CC=CN2C(=N1)C(N1CCN(C)CC1)=Cc1ccc(Cl)cc12. The van der Waals surface area contributed by atoms with Gasteiger partial charge < -0.3 is 14.7 Å². The van der Waals surface area contributed by atoms with E-state index in [1.165, 1.54) is 11.3 Å². The van der Waals surface area contributed by atoms with Gasteiger partial charge in [0.15, 0.2) is 5.84 Å². The first-order valence-corrected chi connectivity index (χ1v) is 8.98. The van der Waals surface area contributed by atoms with Gasteiger partial charge in [0.2, 0.25) is 0 Å². The molecule has 0 radical (unpaired) electrons. The molecule has 24 heavy (non-hydrogen) atoms. The van der Waals surface area contributed by atoms with E-state index < -0.39 is 0 Å². The summed E-state index contributed by atoms with van der Waals surface area (Å²) in [5.74, 6) is 1.05. The highest BCUT2D eigenvalue weighted by atomic mass is 35.5. The van der Waals surface area contributed by atoms with Crippen molar-refractivity contribution in [2.75, 3.05) is 38.1 Å².